The highest BCUT2D eigenvalue weighted by molar-refractivity contribution is 6.30. The number of hydrogen-bond acceptors (Lipinski definition) is 6. The number of halogens is 1. The SMILES string of the molecule is COC(=O)c1c(C(=O)N2CCN(C(=O)C(C)Cl)C(C)C2)nc(-c2ccccc2)nc1C(C)C. The fraction of sp³-hybridized carbons (Fsp3) is 0.458. The standard InChI is InChI=1S/C24H29ClN4O4/c1-14(2)19-18(24(32)33-5)20(27-21(26-19)17-9-7-6-8-10-17)23(31)28-11-12-29(15(3)13-28)22(30)16(4)25/h6-10,14-16H,11-13H2,1-5H3. The normalized spacial score (nSPS) is 17.1. The van der Waals surface area contributed by atoms with Crippen LogP contribution in [0.1, 0.15) is 60.2 Å². The second-order valence-electron chi connectivity index (χ2n) is 8.42. The van der Waals surface area contributed by atoms with Crippen molar-refractivity contribution >= 4 is 29.4 Å². The van der Waals surface area contributed by atoms with Crippen LogP contribution in [0.15, 0.2) is 30.3 Å². The molecule has 1 aliphatic heterocycles. The number of amides is 2. The highest BCUT2D eigenvalue weighted by Crippen LogP contribution is 2.27. The van der Waals surface area contributed by atoms with Crippen LogP contribution in [0, 0.1) is 0 Å². The third-order valence-electron chi connectivity index (χ3n) is 5.65. The van der Waals surface area contributed by atoms with Crippen molar-refractivity contribution in [3.63, 3.8) is 0 Å². The zero-order valence-corrected chi connectivity index (χ0v) is 20.3. The Balaban J connectivity index is 2.05. The van der Waals surface area contributed by atoms with Gasteiger partial charge in [-0.15, -0.1) is 11.6 Å². The molecule has 176 valence electrons. The fourth-order valence-corrected chi connectivity index (χ4v) is 4.04. The van der Waals surface area contributed by atoms with Crippen LogP contribution in [-0.4, -0.2) is 75.7 Å². The Morgan fingerprint density at radius 2 is 1.76 bits per heavy atom. The van der Waals surface area contributed by atoms with Gasteiger partial charge in [-0.3, -0.25) is 9.59 Å². The highest BCUT2D eigenvalue weighted by Gasteiger charge is 2.35. The van der Waals surface area contributed by atoms with Crippen molar-refractivity contribution in [2.24, 2.45) is 0 Å². The molecule has 33 heavy (non-hydrogen) atoms. The summed E-state index contributed by atoms with van der Waals surface area (Å²) in [7, 11) is 1.27. The quantitative estimate of drug-likeness (QED) is 0.489. The van der Waals surface area contributed by atoms with Crippen LogP contribution in [0.5, 0.6) is 0 Å². The second kappa shape index (κ2) is 10.3. The molecule has 9 heteroatoms. The smallest absolute Gasteiger partial charge is 0.342 e. The summed E-state index contributed by atoms with van der Waals surface area (Å²) in [6.45, 7) is 8.26. The number of aromatic nitrogens is 2. The number of rotatable bonds is 5. The Kier molecular flexibility index (Phi) is 7.68. The maximum absolute atomic E-state index is 13.7. The van der Waals surface area contributed by atoms with Gasteiger partial charge in [0.15, 0.2) is 5.82 Å². The van der Waals surface area contributed by atoms with Gasteiger partial charge in [-0.25, -0.2) is 14.8 Å². The number of carbonyl (C=O) groups is 3. The Morgan fingerprint density at radius 3 is 2.30 bits per heavy atom. The number of esters is 1. The van der Waals surface area contributed by atoms with Gasteiger partial charge >= 0.3 is 5.97 Å². The monoisotopic (exact) mass is 472 g/mol. The van der Waals surface area contributed by atoms with Gasteiger partial charge in [-0.05, 0) is 19.8 Å². The van der Waals surface area contributed by atoms with Gasteiger partial charge in [-0.1, -0.05) is 44.2 Å². The van der Waals surface area contributed by atoms with E-state index in [1.165, 1.54) is 7.11 Å². The minimum absolute atomic E-state index is 0.0112. The lowest BCUT2D eigenvalue weighted by Gasteiger charge is -2.40. The molecular weight excluding hydrogens is 444 g/mol. The number of benzene rings is 1. The van der Waals surface area contributed by atoms with E-state index in [2.05, 4.69) is 9.97 Å². The molecule has 1 saturated heterocycles. The molecule has 1 aliphatic rings. The van der Waals surface area contributed by atoms with Crippen molar-refractivity contribution in [1.29, 1.82) is 0 Å². The third kappa shape index (κ3) is 5.16. The van der Waals surface area contributed by atoms with Crippen molar-refractivity contribution in [2.75, 3.05) is 26.7 Å². The molecule has 2 unspecified atom stereocenters. The van der Waals surface area contributed by atoms with Crippen molar-refractivity contribution in [1.82, 2.24) is 19.8 Å². The van der Waals surface area contributed by atoms with Crippen LogP contribution in [0.4, 0.5) is 0 Å². The zero-order chi connectivity index (χ0) is 24.3. The van der Waals surface area contributed by atoms with Crippen molar-refractivity contribution in [3.05, 3.63) is 47.3 Å². The van der Waals surface area contributed by atoms with Gasteiger partial charge in [0.25, 0.3) is 5.91 Å². The largest absolute Gasteiger partial charge is 0.465 e. The Labute approximate surface area is 198 Å². The number of alkyl halides is 1. The maximum Gasteiger partial charge on any atom is 0.342 e. The summed E-state index contributed by atoms with van der Waals surface area (Å²) in [6, 6.07) is 9.08. The van der Waals surface area contributed by atoms with Gasteiger partial charge in [0.2, 0.25) is 5.91 Å². The average Bonchev–Trinajstić information content (AvgIpc) is 2.82. The maximum atomic E-state index is 13.7. The molecule has 0 N–H and O–H groups in total. The first kappa shape index (κ1) is 24.6. The number of hydrogen-bond donors (Lipinski definition) is 0. The van der Waals surface area contributed by atoms with Gasteiger partial charge in [0.05, 0.1) is 12.8 Å². The van der Waals surface area contributed by atoms with Crippen LogP contribution in [0.25, 0.3) is 11.4 Å². The topological polar surface area (TPSA) is 92.7 Å². The van der Waals surface area contributed by atoms with Crippen LogP contribution in [0.2, 0.25) is 0 Å². The lowest BCUT2D eigenvalue weighted by Crippen LogP contribution is -2.56. The molecule has 0 spiro atoms. The van der Waals surface area contributed by atoms with Crippen molar-refractivity contribution in [2.45, 2.75) is 45.0 Å². The minimum atomic E-state index is -0.653. The Hall–Kier alpha value is -3.00. The molecule has 2 aromatic rings. The summed E-state index contributed by atoms with van der Waals surface area (Å²) in [4.78, 5) is 51.2. The number of carbonyl (C=O) groups excluding carboxylic acids is 3. The van der Waals surface area contributed by atoms with Gasteiger partial charge in [-0.2, -0.15) is 0 Å². The Bertz CT molecular complexity index is 1040. The summed E-state index contributed by atoms with van der Waals surface area (Å²) in [5.74, 6) is -0.987. The number of methoxy groups -OCH3 is 1. The molecule has 1 fully saturated rings. The molecule has 1 aromatic heterocycles. The molecule has 0 radical (unpaired) electrons. The molecule has 3 rings (SSSR count). The molecule has 2 atom stereocenters. The van der Waals surface area contributed by atoms with Crippen LogP contribution in [-0.2, 0) is 9.53 Å². The van der Waals surface area contributed by atoms with E-state index in [-0.39, 0.29) is 29.1 Å². The van der Waals surface area contributed by atoms with Crippen molar-refractivity contribution in [3.8, 4) is 11.4 Å². The van der Waals surface area contributed by atoms with Gasteiger partial charge in [0, 0.05) is 31.2 Å². The number of piperazine rings is 1. The van der Waals surface area contributed by atoms with E-state index in [1.54, 1.807) is 16.7 Å². The second-order valence-corrected chi connectivity index (χ2v) is 9.07. The van der Waals surface area contributed by atoms with E-state index in [0.29, 0.717) is 31.2 Å². The summed E-state index contributed by atoms with van der Waals surface area (Å²) < 4.78 is 4.99. The number of nitrogens with zero attached hydrogens (tertiary/aromatic N) is 4. The van der Waals surface area contributed by atoms with E-state index < -0.39 is 17.3 Å². The first-order chi connectivity index (χ1) is 15.6. The zero-order valence-electron chi connectivity index (χ0n) is 19.5. The predicted molar refractivity (Wildman–Crippen MR) is 125 cm³/mol. The van der Waals surface area contributed by atoms with E-state index in [0.717, 1.165) is 5.56 Å². The van der Waals surface area contributed by atoms with Crippen LogP contribution in [0.3, 0.4) is 0 Å². The van der Waals surface area contributed by atoms with E-state index in [4.69, 9.17) is 16.3 Å². The Morgan fingerprint density at radius 1 is 1.09 bits per heavy atom. The summed E-state index contributed by atoms with van der Waals surface area (Å²) in [6.07, 6.45) is 0. The van der Waals surface area contributed by atoms with Crippen LogP contribution >= 0.6 is 11.6 Å². The molecule has 2 heterocycles. The molecular formula is C24H29ClN4O4. The summed E-state index contributed by atoms with van der Waals surface area (Å²) >= 11 is 5.98. The van der Waals surface area contributed by atoms with Gasteiger partial charge < -0.3 is 14.5 Å². The highest BCUT2D eigenvalue weighted by atomic mass is 35.5. The van der Waals surface area contributed by atoms with Gasteiger partial charge in [0.1, 0.15) is 16.6 Å². The van der Waals surface area contributed by atoms with E-state index in [1.807, 2.05) is 51.1 Å². The molecule has 0 aliphatic carbocycles. The molecule has 2 amide bonds. The minimum Gasteiger partial charge on any atom is -0.465 e. The average molecular weight is 473 g/mol. The van der Waals surface area contributed by atoms with E-state index >= 15 is 0 Å². The van der Waals surface area contributed by atoms with E-state index in [9.17, 15) is 14.4 Å². The molecule has 1 aromatic carbocycles. The predicted octanol–water partition coefficient (Wildman–Crippen LogP) is 3.35. The molecule has 0 saturated carbocycles. The fourth-order valence-electron chi connectivity index (χ4n) is 3.92. The first-order valence-electron chi connectivity index (χ1n) is 10.9. The van der Waals surface area contributed by atoms with Crippen LogP contribution < -0.4 is 0 Å². The molecule has 0 bridgehead atoms. The number of ether oxygens (including phenoxy) is 1. The summed E-state index contributed by atoms with van der Waals surface area (Å²) in [5.41, 5.74) is 1.29. The van der Waals surface area contributed by atoms with Crippen molar-refractivity contribution < 1.29 is 19.1 Å². The summed E-state index contributed by atoms with van der Waals surface area (Å²) in [5, 5.41) is -0.635. The third-order valence-corrected chi connectivity index (χ3v) is 5.83. The lowest BCUT2D eigenvalue weighted by molar-refractivity contribution is -0.134. The first-order valence-corrected chi connectivity index (χ1v) is 11.4. The lowest BCUT2D eigenvalue weighted by atomic mass is 10.00. The molecule has 8 nitrogen and oxygen atoms in total.